The van der Waals surface area contributed by atoms with Crippen LogP contribution in [0.4, 0.5) is 5.69 Å². The van der Waals surface area contributed by atoms with Crippen molar-refractivity contribution in [3.63, 3.8) is 0 Å². The number of carbonyl (C=O) groups is 1. The number of rotatable bonds is 5. The number of carbonyl (C=O) groups excluding carboxylic acids is 1. The van der Waals surface area contributed by atoms with Gasteiger partial charge in [-0.25, -0.2) is 0 Å². The predicted molar refractivity (Wildman–Crippen MR) is 76.7 cm³/mol. The van der Waals surface area contributed by atoms with E-state index in [1.807, 2.05) is 0 Å². The van der Waals surface area contributed by atoms with E-state index in [0.29, 0.717) is 24.5 Å². The SMILES string of the molecule is COc1cc(N)c(C(=O)NCC2(O)CCOC2)cc1OC. The first-order chi connectivity index (χ1) is 9.99. The number of methoxy groups -OCH3 is 2. The van der Waals surface area contributed by atoms with Crippen LogP contribution in [0.2, 0.25) is 0 Å². The first-order valence-electron chi connectivity index (χ1n) is 6.59. The zero-order valence-corrected chi connectivity index (χ0v) is 12.1. The molecule has 1 aromatic carbocycles. The molecule has 0 aliphatic carbocycles. The minimum Gasteiger partial charge on any atom is -0.493 e. The van der Waals surface area contributed by atoms with E-state index in [4.69, 9.17) is 19.9 Å². The number of nitrogens with two attached hydrogens (primary N) is 1. The van der Waals surface area contributed by atoms with Crippen LogP contribution in [0.15, 0.2) is 12.1 Å². The highest BCUT2D eigenvalue weighted by Gasteiger charge is 2.32. The molecule has 4 N–H and O–H groups in total. The van der Waals surface area contributed by atoms with E-state index in [0.717, 1.165) is 0 Å². The lowest BCUT2D eigenvalue weighted by Crippen LogP contribution is -2.43. The molecule has 0 spiro atoms. The second-order valence-corrected chi connectivity index (χ2v) is 5.00. The fourth-order valence-corrected chi connectivity index (χ4v) is 2.17. The molecule has 1 atom stereocenters. The van der Waals surface area contributed by atoms with E-state index in [2.05, 4.69) is 5.32 Å². The van der Waals surface area contributed by atoms with Crippen LogP contribution < -0.4 is 20.5 Å². The quantitative estimate of drug-likeness (QED) is 0.669. The smallest absolute Gasteiger partial charge is 0.253 e. The van der Waals surface area contributed by atoms with Gasteiger partial charge in [0, 0.05) is 31.3 Å². The van der Waals surface area contributed by atoms with Gasteiger partial charge in [0.2, 0.25) is 0 Å². The molecule has 1 saturated heterocycles. The Morgan fingerprint density at radius 2 is 2.10 bits per heavy atom. The van der Waals surface area contributed by atoms with Crippen molar-refractivity contribution in [1.82, 2.24) is 5.32 Å². The molecule has 0 saturated carbocycles. The molecule has 1 unspecified atom stereocenters. The van der Waals surface area contributed by atoms with E-state index in [1.165, 1.54) is 26.4 Å². The number of hydrogen-bond donors (Lipinski definition) is 3. The lowest BCUT2D eigenvalue weighted by atomic mass is 10.0. The summed E-state index contributed by atoms with van der Waals surface area (Å²) >= 11 is 0. The number of nitrogens with one attached hydrogen (secondary N) is 1. The van der Waals surface area contributed by atoms with Gasteiger partial charge in [0.05, 0.1) is 26.4 Å². The summed E-state index contributed by atoms with van der Waals surface area (Å²) in [5.41, 5.74) is 5.39. The Labute approximate surface area is 123 Å². The van der Waals surface area contributed by atoms with Crippen LogP contribution in [0, 0.1) is 0 Å². The Hall–Kier alpha value is -1.99. The molecule has 1 aliphatic heterocycles. The van der Waals surface area contributed by atoms with Crippen molar-refractivity contribution in [2.24, 2.45) is 0 Å². The van der Waals surface area contributed by atoms with Crippen LogP contribution >= 0.6 is 0 Å². The maximum absolute atomic E-state index is 12.2. The second kappa shape index (κ2) is 6.19. The summed E-state index contributed by atoms with van der Waals surface area (Å²) in [6.45, 7) is 0.819. The van der Waals surface area contributed by atoms with Gasteiger partial charge in [0.1, 0.15) is 5.60 Å². The molecule has 1 fully saturated rings. The van der Waals surface area contributed by atoms with Crippen molar-refractivity contribution in [3.05, 3.63) is 17.7 Å². The molecule has 0 aromatic heterocycles. The molecular weight excluding hydrogens is 276 g/mol. The number of anilines is 1. The minimum absolute atomic E-state index is 0.111. The van der Waals surface area contributed by atoms with Crippen LogP contribution in [-0.4, -0.2) is 50.6 Å². The third-order valence-corrected chi connectivity index (χ3v) is 3.46. The summed E-state index contributed by atoms with van der Waals surface area (Å²) in [6, 6.07) is 3.04. The van der Waals surface area contributed by atoms with Gasteiger partial charge in [-0.05, 0) is 6.07 Å². The van der Waals surface area contributed by atoms with Crippen LogP contribution in [0.1, 0.15) is 16.8 Å². The van der Waals surface area contributed by atoms with Gasteiger partial charge in [-0.3, -0.25) is 4.79 Å². The molecule has 1 amide bonds. The summed E-state index contributed by atoms with van der Waals surface area (Å²) in [4.78, 5) is 12.2. The molecule has 0 bridgehead atoms. The molecule has 2 rings (SSSR count). The zero-order valence-electron chi connectivity index (χ0n) is 12.1. The standard InChI is InChI=1S/C14H20N2O5/c1-19-11-5-9(10(15)6-12(11)20-2)13(17)16-7-14(18)3-4-21-8-14/h5-6,18H,3-4,7-8,15H2,1-2H3,(H,16,17). The Kier molecular flexibility index (Phi) is 4.54. The summed E-state index contributed by atoms with van der Waals surface area (Å²) in [5, 5.41) is 12.8. The second-order valence-electron chi connectivity index (χ2n) is 5.00. The Bertz CT molecular complexity index is 526. The van der Waals surface area contributed by atoms with Crippen LogP contribution in [0.5, 0.6) is 11.5 Å². The van der Waals surface area contributed by atoms with Gasteiger partial charge in [0.15, 0.2) is 11.5 Å². The van der Waals surface area contributed by atoms with Gasteiger partial charge < -0.3 is 30.4 Å². The first-order valence-corrected chi connectivity index (χ1v) is 6.59. The molecule has 7 nitrogen and oxygen atoms in total. The van der Waals surface area contributed by atoms with Crippen molar-refractivity contribution < 1.29 is 24.1 Å². The van der Waals surface area contributed by atoms with Gasteiger partial charge in [-0.1, -0.05) is 0 Å². The highest BCUT2D eigenvalue weighted by atomic mass is 16.5. The first kappa shape index (κ1) is 15.4. The molecular formula is C14H20N2O5. The van der Waals surface area contributed by atoms with Gasteiger partial charge >= 0.3 is 0 Å². The monoisotopic (exact) mass is 296 g/mol. The van der Waals surface area contributed by atoms with E-state index >= 15 is 0 Å². The normalized spacial score (nSPS) is 21.1. The topological polar surface area (TPSA) is 103 Å². The fraction of sp³-hybridized carbons (Fsp3) is 0.500. The molecule has 116 valence electrons. The highest BCUT2D eigenvalue weighted by molar-refractivity contribution is 6.00. The number of amides is 1. The number of benzene rings is 1. The van der Waals surface area contributed by atoms with E-state index < -0.39 is 5.60 Å². The summed E-state index contributed by atoms with van der Waals surface area (Å²) in [7, 11) is 2.97. The number of aliphatic hydroxyl groups is 1. The average Bonchev–Trinajstić information content (AvgIpc) is 2.91. The van der Waals surface area contributed by atoms with Gasteiger partial charge in [-0.15, -0.1) is 0 Å². The van der Waals surface area contributed by atoms with Crippen molar-refractivity contribution >= 4 is 11.6 Å². The Balaban J connectivity index is 2.11. The molecule has 0 radical (unpaired) electrons. The summed E-state index contributed by atoms with van der Waals surface area (Å²) < 4.78 is 15.4. The third kappa shape index (κ3) is 3.37. The molecule has 1 heterocycles. The Morgan fingerprint density at radius 1 is 1.43 bits per heavy atom. The predicted octanol–water partition coefficient (Wildman–Crippen LogP) is 0.167. The summed E-state index contributed by atoms with van der Waals surface area (Å²) in [6.07, 6.45) is 0.495. The molecule has 1 aliphatic rings. The van der Waals surface area contributed by atoms with Crippen LogP contribution in [0.25, 0.3) is 0 Å². The lowest BCUT2D eigenvalue weighted by molar-refractivity contribution is 0.0265. The summed E-state index contributed by atoms with van der Waals surface area (Å²) in [5.74, 6) is 0.489. The maximum atomic E-state index is 12.2. The minimum atomic E-state index is -1.01. The van der Waals surface area contributed by atoms with Crippen molar-refractivity contribution in [3.8, 4) is 11.5 Å². The molecule has 7 heteroatoms. The molecule has 1 aromatic rings. The third-order valence-electron chi connectivity index (χ3n) is 3.46. The number of nitrogen functional groups attached to an aromatic ring is 1. The average molecular weight is 296 g/mol. The zero-order chi connectivity index (χ0) is 15.5. The van der Waals surface area contributed by atoms with E-state index in [9.17, 15) is 9.90 Å². The van der Waals surface area contributed by atoms with Gasteiger partial charge in [-0.2, -0.15) is 0 Å². The van der Waals surface area contributed by atoms with Crippen molar-refractivity contribution in [2.45, 2.75) is 12.0 Å². The van der Waals surface area contributed by atoms with Crippen molar-refractivity contribution in [2.75, 3.05) is 39.7 Å². The number of hydrogen-bond acceptors (Lipinski definition) is 6. The van der Waals surface area contributed by atoms with Crippen LogP contribution in [0.3, 0.4) is 0 Å². The molecule has 21 heavy (non-hydrogen) atoms. The largest absolute Gasteiger partial charge is 0.493 e. The lowest BCUT2D eigenvalue weighted by Gasteiger charge is -2.21. The number of ether oxygens (including phenoxy) is 3. The van der Waals surface area contributed by atoms with Crippen LogP contribution in [-0.2, 0) is 4.74 Å². The fourth-order valence-electron chi connectivity index (χ4n) is 2.17. The van der Waals surface area contributed by atoms with E-state index in [-0.39, 0.29) is 30.3 Å². The van der Waals surface area contributed by atoms with Gasteiger partial charge in [0.25, 0.3) is 5.91 Å². The van der Waals surface area contributed by atoms with Crippen molar-refractivity contribution in [1.29, 1.82) is 0 Å². The maximum Gasteiger partial charge on any atom is 0.253 e. The Morgan fingerprint density at radius 3 is 2.67 bits per heavy atom. The van der Waals surface area contributed by atoms with E-state index in [1.54, 1.807) is 0 Å². The highest BCUT2D eigenvalue weighted by Crippen LogP contribution is 2.31.